The fourth-order valence-corrected chi connectivity index (χ4v) is 4.60. The number of esters is 1. The molecule has 1 aliphatic heterocycles. The maximum absolute atomic E-state index is 12.9. The van der Waals surface area contributed by atoms with Gasteiger partial charge < -0.3 is 23.5 Å². The van der Waals surface area contributed by atoms with E-state index < -0.39 is 5.97 Å². The molecule has 0 spiro atoms. The third-order valence-corrected chi connectivity index (χ3v) is 6.57. The number of rotatable bonds is 12. The summed E-state index contributed by atoms with van der Waals surface area (Å²) in [6.45, 7) is 12.6. The van der Waals surface area contributed by atoms with E-state index in [4.69, 9.17) is 18.9 Å². The van der Waals surface area contributed by atoms with Crippen molar-refractivity contribution < 1.29 is 23.7 Å². The van der Waals surface area contributed by atoms with Crippen LogP contribution in [-0.2, 0) is 15.9 Å². The monoisotopic (exact) mass is 499 g/mol. The van der Waals surface area contributed by atoms with E-state index in [-0.39, 0.29) is 29.1 Å². The SMILES string of the molecule is CCCCCOCCCOc1cc2c(cc1OC)-c1cc(=O)c(C(=O)OCC)cn1C(C(C)(C)C)C2. The van der Waals surface area contributed by atoms with E-state index in [1.807, 2.05) is 16.7 Å². The zero-order valence-corrected chi connectivity index (χ0v) is 22.6. The molecule has 2 heterocycles. The second-order valence-electron chi connectivity index (χ2n) is 10.3. The Bertz CT molecular complexity index is 1100. The minimum Gasteiger partial charge on any atom is -0.493 e. The van der Waals surface area contributed by atoms with Crippen molar-refractivity contribution in [1.82, 2.24) is 4.57 Å². The molecular weight excluding hydrogens is 458 g/mol. The van der Waals surface area contributed by atoms with Crippen LogP contribution in [0.2, 0.25) is 0 Å². The number of benzene rings is 1. The van der Waals surface area contributed by atoms with Crippen molar-refractivity contribution in [3.63, 3.8) is 0 Å². The molecule has 0 fully saturated rings. The molecule has 1 aliphatic rings. The maximum atomic E-state index is 12.9. The van der Waals surface area contributed by atoms with Gasteiger partial charge in [0.25, 0.3) is 0 Å². The molecule has 0 saturated heterocycles. The number of hydrogen-bond acceptors (Lipinski definition) is 6. The molecule has 1 aromatic carbocycles. The van der Waals surface area contributed by atoms with Gasteiger partial charge >= 0.3 is 5.97 Å². The van der Waals surface area contributed by atoms with Gasteiger partial charge in [-0.1, -0.05) is 40.5 Å². The molecule has 1 atom stereocenters. The van der Waals surface area contributed by atoms with E-state index >= 15 is 0 Å². The number of pyridine rings is 1. The summed E-state index contributed by atoms with van der Waals surface area (Å²) in [6, 6.07) is 5.54. The van der Waals surface area contributed by atoms with E-state index in [0.29, 0.717) is 24.7 Å². The average Bonchev–Trinajstić information content (AvgIpc) is 2.83. The highest BCUT2D eigenvalue weighted by Crippen LogP contribution is 2.45. The average molecular weight is 500 g/mol. The van der Waals surface area contributed by atoms with Gasteiger partial charge in [-0.2, -0.15) is 0 Å². The molecule has 3 rings (SSSR count). The summed E-state index contributed by atoms with van der Waals surface area (Å²) in [5.41, 5.74) is 2.35. The van der Waals surface area contributed by atoms with Crippen LogP contribution in [0, 0.1) is 5.41 Å². The van der Waals surface area contributed by atoms with E-state index in [0.717, 1.165) is 42.7 Å². The summed E-state index contributed by atoms with van der Waals surface area (Å²) in [4.78, 5) is 25.3. The smallest absolute Gasteiger partial charge is 0.343 e. The van der Waals surface area contributed by atoms with E-state index in [2.05, 4.69) is 27.7 Å². The van der Waals surface area contributed by atoms with Gasteiger partial charge in [0.05, 0.1) is 26.0 Å². The first kappa shape index (κ1) is 27.8. The largest absolute Gasteiger partial charge is 0.493 e. The molecule has 0 aliphatic carbocycles. The van der Waals surface area contributed by atoms with Crippen LogP contribution in [-0.4, -0.2) is 44.1 Å². The predicted molar refractivity (Wildman–Crippen MR) is 141 cm³/mol. The van der Waals surface area contributed by atoms with Crippen LogP contribution in [0.15, 0.2) is 29.2 Å². The third-order valence-electron chi connectivity index (χ3n) is 6.57. The Balaban J connectivity index is 1.89. The molecule has 1 unspecified atom stereocenters. The van der Waals surface area contributed by atoms with Crippen molar-refractivity contribution in [1.29, 1.82) is 0 Å². The second-order valence-corrected chi connectivity index (χ2v) is 10.3. The quantitative estimate of drug-likeness (QED) is 0.271. The van der Waals surface area contributed by atoms with Crippen LogP contribution >= 0.6 is 0 Å². The summed E-state index contributed by atoms with van der Waals surface area (Å²) in [5, 5.41) is 0. The molecule has 36 heavy (non-hydrogen) atoms. The fourth-order valence-electron chi connectivity index (χ4n) is 4.60. The van der Waals surface area contributed by atoms with E-state index in [1.54, 1.807) is 26.3 Å². The molecular formula is C29H41NO6. The Hall–Kier alpha value is -2.80. The molecule has 7 nitrogen and oxygen atoms in total. The number of methoxy groups -OCH3 is 1. The number of carbonyl (C=O) groups excluding carboxylic acids is 1. The van der Waals surface area contributed by atoms with Crippen LogP contribution < -0.4 is 14.9 Å². The molecule has 0 amide bonds. The van der Waals surface area contributed by atoms with E-state index in [9.17, 15) is 9.59 Å². The van der Waals surface area contributed by atoms with Gasteiger partial charge in [0.15, 0.2) is 16.9 Å². The maximum Gasteiger partial charge on any atom is 0.343 e. The molecule has 1 aromatic heterocycles. The lowest BCUT2D eigenvalue weighted by Crippen LogP contribution is -2.33. The normalized spacial score (nSPS) is 14.7. The van der Waals surface area contributed by atoms with Crippen molar-refractivity contribution in [2.24, 2.45) is 5.41 Å². The minimum atomic E-state index is -0.591. The van der Waals surface area contributed by atoms with Gasteiger partial charge in [-0.05, 0) is 42.9 Å². The Kier molecular flexibility index (Phi) is 9.60. The standard InChI is InChI=1S/C29H41NO6/c1-7-9-10-12-34-13-11-14-36-26-15-20-16-27(29(3,4)5)30-19-22(28(32)35-8-2)24(31)18-23(30)21(20)17-25(26)33-6/h15,17-19,27H,7-14,16H2,1-6H3. The van der Waals surface area contributed by atoms with Gasteiger partial charge in [0.1, 0.15) is 5.56 Å². The molecule has 0 saturated carbocycles. The molecule has 0 bridgehead atoms. The minimum absolute atomic E-state index is 0.0338. The lowest BCUT2D eigenvalue weighted by molar-refractivity contribution is 0.0523. The van der Waals surface area contributed by atoms with Crippen LogP contribution in [0.5, 0.6) is 11.5 Å². The number of nitrogens with zero attached hydrogens (tertiary/aromatic N) is 1. The summed E-state index contributed by atoms with van der Waals surface area (Å²) in [5.74, 6) is 0.709. The highest BCUT2D eigenvalue weighted by atomic mass is 16.5. The molecule has 7 heteroatoms. The Morgan fingerprint density at radius 1 is 1.03 bits per heavy atom. The first-order valence-corrected chi connectivity index (χ1v) is 13.1. The summed E-state index contributed by atoms with van der Waals surface area (Å²) >= 11 is 0. The zero-order chi connectivity index (χ0) is 26.3. The molecule has 2 aromatic rings. The predicted octanol–water partition coefficient (Wildman–Crippen LogP) is 5.82. The molecule has 198 valence electrons. The Morgan fingerprint density at radius 2 is 1.78 bits per heavy atom. The first-order chi connectivity index (χ1) is 17.2. The van der Waals surface area contributed by atoms with Crippen molar-refractivity contribution >= 4 is 5.97 Å². The van der Waals surface area contributed by atoms with Crippen LogP contribution in [0.4, 0.5) is 0 Å². The second kappa shape index (κ2) is 12.4. The number of unbranched alkanes of at least 4 members (excludes halogenated alkanes) is 2. The van der Waals surface area contributed by atoms with Crippen molar-refractivity contribution in [2.45, 2.75) is 72.8 Å². The third kappa shape index (κ3) is 6.49. The molecule has 0 N–H and O–H groups in total. The van der Waals surface area contributed by atoms with Gasteiger partial charge in [-0.25, -0.2) is 4.79 Å². The van der Waals surface area contributed by atoms with Crippen molar-refractivity contribution in [3.8, 4) is 22.8 Å². The molecule has 0 radical (unpaired) electrons. The number of fused-ring (bicyclic) bond motifs is 3. The summed E-state index contributed by atoms with van der Waals surface area (Å²) < 4.78 is 24.6. The van der Waals surface area contributed by atoms with E-state index in [1.165, 1.54) is 12.8 Å². The number of aromatic nitrogens is 1. The highest BCUT2D eigenvalue weighted by Gasteiger charge is 2.34. The fraction of sp³-hybridized carbons (Fsp3) is 0.586. The van der Waals surface area contributed by atoms with Crippen LogP contribution in [0.25, 0.3) is 11.3 Å². The van der Waals surface area contributed by atoms with Crippen LogP contribution in [0.1, 0.15) is 82.3 Å². The summed E-state index contributed by atoms with van der Waals surface area (Å²) in [7, 11) is 1.61. The zero-order valence-electron chi connectivity index (χ0n) is 22.6. The van der Waals surface area contributed by atoms with Gasteiger partial charge in [-0.15, -0.1) is 0 Å². The topological polar surface area (TPSA) is 76.0 Å². The highest BCUT2D eigenvalue weighted by molar-refractivity contribution is 5.89. The summed E-state index contributed by atoms with van der Waals surface area (Å²) in [6.07, 6.45) is 6.66. The lowest BCUT2D eigenvalue weighted by atomic mass is 9.78. The van der Waals surface area contributed by atoms with Crippen LogP contribution in [0.3, 0.4) is 0 Å². The van der Waals surface area contributed by atoms with Gasteiger partial charge in [0.2, 0.25) is 0 Å². The lowest BCUT2D eigenvalue weighted by Gasteiger charge is -2.39. The number of carbonyl (C=O) groups is 1. The Labute approximate surface area is 214 Å². The van der Waals surface area contributed by atoms with Crippen molar-refractivity contribution in [2.75, 3.05) is 33.5 Å². The number of ether oxygens (including phenoxy) is 4. The van der Waals surface area contributed by atoms with Gasteiger partial charge in [0, 0.05) is 43.5 Å². The first-order valence-electron chi connectivity index (χ1n) is 13.1. The Morgan fingerprint density at radius 3 is 2.44 bits per heavy atom. The van der Waals surface area contributed by atoms with Gasteiger partial charge in [-0.3, -0.25) is 4.79 Å². The van der Waals surface area contributed by atoms with Crippen molar-refractivity contribution in [3.05, 3.63) is 45.7 Å². The number of hydrogen-bond donors (Lipinski definition) is 0.